The van der Waals surface area contributed by atoms with E-state index in [1.165, 1.54) is 37.7 Å². The van der Waals surface area contributed by atoms with E-state index in [1.54, 1.807) is 0 Å². The first-order valence-electron chi connectivity index (χ1n) is 4.75. The van der Waals surface area contributed by atoms with Gasteiger partial charge in [0.05, 0.1) is 18.3 Å². The predicted molar refractivity (Wildman–Crippen MR) is 67.8 cm³/mol. The lowest BCUT2D eigenvalue weighted by Crippen LogP contribution is -2.14. The zero-order valence-electron chi connectivity index (χ0n) is 9.17. The van der Waals surface area contributed by atoms with Crippen molar-refractivity contribution in [3.05, 3.63) is 40.6 Å². The third-order valence-corrected chi connectivity index (χ3v) is 4.60. The van der Waals surface area contributed by atoms with Gasteiger partial charge in [-0.3, -0.25) is 0 Å². The zero-order chi connectivity index (χ0) is 13.3. The van der Waals surface area contributed by atoms with E-state index >= 15 is 0 Å². The minimum atomic E-state index is -3.84. The van der Waals surface area contributed by atoms with Crippen LogP contribution in [0.15, 0.2) is 35.5 Å². The normalized spacial score (nSPS) is 11.5. The largest absolute Gasteiger partial charge is 0.494 e. The number of hydrogen-bond acceptors (Lipinski definition) is 4. The first-order chi connectivity index (χ1) is 8.48. The second kappa shape index (κ2) is 4.79. The Labute approximate surface area is 114 Å². The number of methoxy groups -OCH3 is 1. The molecule has 5 nitrogen and oxygen atoms in total. The molecule has 18 heavy (non-hydrogen) atoms. The molecule has 0 amide bonds. The summed E-state index contributed by atoms with van der Waals surface area (Å²) in [7, 11) is -2.52. The van der Waals surface area contributed by atoms with Crippen molar-refractivity contribution in [2.45, 2.75) is 4.90 Å². The van der Waals surface area contributed by atoms with Gasteiger partial charge >= 0.3 is 0 Å². The topological polar surface area (TPSA) is 61.2 Å². The van der Waals surface area contributed by atoms with Gasteiger partial charge in [0.25, 0.3) is 10.0 Å². The number of aromatic nitrogens is 2. The highest BCUT2D eigenvalue weighted by atomic mass is 35.5. The third-order valence-electron chi connectivity index (χ3n) is 2.22. The standard InChI is InChI=1S/C10H8Cl2N2O3S/c1-17-10-8(4-3-7(11)9(10)12)18(15,16)14-6-2-5-13-14/h2-6H,1H3. The minimum Gasteiger partial charge on any atom is -0.494 e. The molecule has 0 saturated heterocycles. The van der Waals surface area contributed by atoms with Gasteiger partial charge in [0.2, 0.25) is 0 Å². The SMILES string of the molecule is COc1c(S(=O)(=O)n2cccn2)ccc(Cl)c1Cl. The Morgan fingerprint density at radius 3 is 2.61 bits per heavy atom. The molecule has 0 N–H and O–H groups in total. The average Bonchev–Trinajstić information content (AvgIpc) is 2.86. The summed E-state index contributed by atoms with van der Waals surface area (Å²) in [6.07, 6.45) is 2.68. The highest BCUT2D eigenvalue weighted by molar-refractivity contribution is 7.90. The number of rotatable bonds is 3. The first-order valence-corrected chi connectivity index (χ1v) is 6.95. The molecule has 0 saturated carbocycles. The number of ether oxygens (including phenoxy) is 1. The maximum atomic E-state index is 12.3. The number of halogens is 2. The number of benzene rings is 1. The monoisotopic (exact) mass is 306 g/mol. The molecule has 0 aliphatic carbocycles. The van der Waals surface area contributed by atoms with Gasteiger partial charge in [-0.05, 0) is 18.2 Å². The molecule has 0 aliphatic heterocycles. The third kappa shape index (κ3) is 2.07. The van der Waals surface area contributed by atoms with Crippen molar-refractivity contribution in [1.82, 2.24) is 9.19 Å². The van der Waals surface area contributed by atoms with Crippen LogP contribution in [-0.2, 0) is 10.0 Å². The molecule has 2 aromatic rings. The van der Waals surface area contributed by atoms with Crippen molar-refractivity contribution in [1.29, 1.82) is 0 Å². The molecule has 0 spiro atoms. The van der Waals surface area contributed by atoms with Crippen LogP contribution in [0, 0.1) is 0 Å². The highest BCUT2D eigenvalue weighted by Crippen LogP contribution is 2.37. The molecule has 8 heteroatoms. The summed E-state index contributed by atoms with van der Waals surface area (Å²) < 4.78 is 30.3. The molecule has 1 aromatic heterocycles. The van der Waals surface area contributed by atoms with Crippen LogP contribution in [0.2, 0.25) is 10.0 Å². The van der Waals surface area contributed by atoms with Crippen LogP contribution in [0.5, 0.6) is 5.75 Å². The van der Waals surface area contributed by atoms with Gasteiger partial charge < -0.3 is 4.74 Å². The van der Waals surface area contributed by atoms with Gasteiger partial charge in [-0.1, -0.05) is 23.2 Å². The van der Waals surface area contributed by atoms with E-state index in [4.69, 9.17) is 27.9 Å². The Bertz CT molecular complexity index is 669. The minimum absolute atomic E-state index is 0.000309. The van der Waals surface area contributed by atoms with Gasteiger partial charge in [0.15, 0.2) is 5.75 Å². The summed E-state index contributed by atoms with van der Waals surface area (Å²) in [6.45, 7) is 0. The summed E-state index contributed by atoms with van der Waals surface area (Å²) >= 11 is 11.7. The van der Waals surface area contributed by atoms with E-state index in [2.05, 4.69) is 5.10 Å². The van der Waals surface area contributed by atoms with E-state index < -0.39 is 10.0 Å². The van der Waals surface area contributed by atoms with Gasteiger partial charge in [0, 0.05) is 6.20 Å². The molecule has 0 fully saturated rings. The van der Waals surface area contributed by atoms with Gasteiger partial charge in [-0.15, -0.1) is 0 Å². The Hall–Kier alpha value is -1.24. The van der Waals surface area contributed by atoms with E-state index in [1.807, 2.05) is 0 Å². The van der Waals surface area contributed by atoms with Crippen LogP contribution in [0.3, 0.4) is 0 Å². The molecule has 0 unspecified atom stereocenters. The summed E-state index contributed by atoms with van der Waals surface area (Å²) in [5, 5.41) is 3.95. The molecular weight excluding hydrogens is 299 g/mol. The van der Waals surface area contributed by atoms with Crippen LogP contribution in [0.4, 0.5) is 0 Å². The van der Waals surface area contributed by atoms with Crippen LogP contribution >= 0.6 is 23.2 Å². The quantitative estimate of drug-likeness (QED) is 0.874. The van der Waals surface area contributed by atoms with E-state index in [0.717, 1.165) is 4.09 Å². The lowest BCUT2D eigenvalue weighted by Gasteiger charge is -2.11. The highest BCUT2D eigenvalue weighted by Gasteiger charge is 2.24. The molecule has 1 heterocycles. The molecule has 0 atom stereocenters. The van der Waals surface area contributed by atoms with Crippen LogP contribution < -0.4 is 4.74 Å². The van der Waals surface area contributed by atoms with Gasteiger partial charge in [-0.2, -0.15) is 17.6 Å². The molecular formula is C10H8Cl2N2O3S. The lowest BCUT2D eigenvalue weighted by molar-refractivity contribution is 0.402. The van der Waals surface area contributed by atoms with Crippen LogP contribution in [0.1, 0.15) is 0 Å². The van der Waals surface area contributed by atoms with E-state index in [0.29, 0.717) is 0 Å². The maximum Gasteiger partial charge on any atom is 0.286 e. The second-order valence-electron chi connectivity index (χ2n) is 3.28. The molecule has 0 bridgehead atoms. The summed E-state index contributed by atoms with van der Waals surface area (Å²) in [5.74, 6) is -0.000309. The van der Waals surface area contributed by atoms with Crippen LogP contribution in [0.25, 0.3) is 0 Å². The zero-order valence-corrected chi connectivity index (χ0v) is 11.5. The molecule has 96 valence electrons. The van der Waals surface area contributed by atoms with Crippen LogP contribution in [-0.4, -0.2) is 24.7 Å². The number of nitrogens with zero attached hydrogens (tertiary/aromatic N) is 2. The van der Waals surface area contributed by atoms with E-state index in [-0.39, 0.29) is 20.7 Å². The summed E-state index contributed by atoms with van der Waals surface area (Å²) in [5.41, 5.74) is 0. The smallest absolute Gasteiger partial charge is 0.286 e. The van der Waals surface area contributed by atoms with Crippen molar-refractivity contribution >= 4 is 33.2 Å². The second-order valence-corrected chi connectivity index (χ2v) is 5.83. The van der Waals surface area contributed by atoms with Crippen molar-refractivity contribution in [2.24, 2.45) is 0 Å². The van der Waals surface area contributed by atoms with Crippen molar-refractivity contribution < 1.29 is 13.2 Å². The fraction of sp³-hybridized carbons (Fsp3) is 0.100. The Kier molecular flexibility index (Phi) is 3.52. The van der Waals surface area contributed by atoms with Gasteiger partial charge in [0.1, 0.15) is 9.92 Å². The number of hydrogen-bond donors (Lipinski definition) is 0. The molecule has 0 radical (unpaired) electrons. The summed E-state index contributed by atoms with van der Waals surface area (Å²) in [6, 6.07) is 4.22. The summed E-state index contributed by atoms with van der Waals surface area (Å²) in [4.78, 5) is -0.0944. The molecule has 2 rings (SSSR count). The maximum absolute atomic E-state index is 12.3. The predicted octanol–water partition coefficient (Wildman–Crippen LogP) is 2.44. The Balaban J connectivity index is 2.70. The molecule has 1 aromatic carbocycles. The van der Waals surface area contributed by atoms with Gasteiger partial charge in [-0.25, -0.2) is 0 Å². The first kappa shape index (κ1) is 13.2. The fourth-order valence-corrected chi connectivity index (χ4v) is 3.12. The van der Waals surface area contributed by atoms with Crippen molar-refractivity contribution in [3.8, 4) is 5.75 Å². The average molecular weight is 307 g/mol. The van der Waals surface area contributed by atoms with E-state index in [9.17, 15) is 8.42 Å². The lowest BCUT2D eigenvalue weighted by atomic mass is 10.3. The Morgan fingerprint density at radius 2 is 2.06 bits per heavy atom. The Morgan fingerprint density at radius 1 is 1.33 bits per heavy atom. The van der Waals surface area contributed by atoms with Crippen molar-refractivity contribution in [2.75, 3.05) is 7.11 Å². The fourth-order valence-electron chi connectivity index (χ4n) is 1.41. The van der Waals surface area contributed by atoms with Crippen molar-refractivity contribution in [3.63, 3.8) is 0 Å². The molecule has 0 aliphatic rings.